The zero-order valence-electron chi connectivity index (χ0n) is 6.61. The summed E-state index contributed by atoms with van der Waals surface area (Å²) < 4.78 is 17.1. The molecule has 0 heterocycles. The Morgan fingerprint density at radius 3 is 1.90 bits per heavy atom. The van der Waals surface area contributed by atoms with E-state index >= 15 is 0 Å². The maximum absolute atomic E-state index is 8.53. The van der Waals surface area contributed by atoms with Crippen molar-refractivity contribution in [2.45, 2.75) is 26.7 Å². The number of hydrogen-bond acceptors (Lipinski definition) is 2. The number of hydrogen-bond donors (Lipinski definition) is 0. The molecule has 2 nitrogen and oxygen atoms in total. The topological polar surface area (TPSA) is 34.1 Å². The van der Waals surface area contributed by atoms with E-state index in [1.807, 2.05) is 6.92 Å². The van der Waals surface area contributed by atoms with Crippen molar-refractivity contribution in [1.82, 2.24) is 0 Å². The fourth-order valence-electron chi connectivity index (χ4n) is 0.250. The van der Waals surface area contributed by atoms with Gasteiger partial charge in [-0.3, -0.25) is 0 Å². The Kier molecular flexibility index (Phi) is 38.1. The summed E-state index contributed by atoms with van der Waals surface area (Å²) in [6.07, 6.45) is 2.23. The van der Waals surface area contributed by atoms with E-state index in [2.05, 4.69) is 18.8 Å². The molecule has 0 fully saturated rings. The Morgan fingerprint density at radius 2 is 1.80 bits per heavy atom. The summed E-state index contributed by atoms with van der Waals surface area (Å²) in [5, 5.41) is 0. The van der Waals surface area contributed by atoms with E-state index in [0.29, 0.717) is 0 Å². The van der Waals surface area contributed by atoms with Gasteiger partial charge in [0.1, 0.15) is 0 Å². The van der Waals surface area contributed by atoms with Crippen LogP contribution in [0.2, 0.25) is 0 Å². The molecular formula is C7H13O2Re-. The first kappa shape index (κ1) is 16.4. The molecule has 0 spiro atoms. The van der Waals surface area contributed by atoms with E-state index in [1.54, 1.807) is 0 Å². The van der Waals surface area contributed by atoms with Crippen molar-refractivity contribution >= 4 is 0 Å². The molecule has 0 bridgehead atoms. The molecule has 0 aromatic heterocycles. The van der Waals surface area contributed by atoms with Crippen LogP contribution in [0.1, 0.15) is 26.7 Å². The van der Waals surface area contributed by atoms with Crippen molar-refractivity contribution in [1.29, 1.82) is 0 Å². The summed E-state index contributed by atoms with van der Waals surface area (Å²) in [5.74, 6) is 5.77. The molecule has 3 heteroatoms. The molecule has 61 valence electrons. The normalized spacial score (nSPS) is 5.00. The molecule has 0 aliphatic carbocycles. The van der Waals surface area contributed by atoms with E-state index in [4.69, 9.17) is 6.94 Å². The van der Waals surface area contributed by atoms with Crippen molar-refractivity contribution in [3.63, 3.8) is 0 Å². The first-order valence-electron chi connectivity index (χ1n) is 2.62. The van der Waals surface area contributed by atoms with Crippen LogP contribution in [0.15, 0.2) is 0 Å². The van der Waals surface area contributed by atoms with Crippen LogP contribution >= 0.6 is 0 Å². The van der Waals surface area contributed by atoms with Gasteiger partial charge < -0.3 is 7.43 Å². The molecule has 0 aliphatic heterocycles. The van der Waals surface area contributed by atoms with E-state index in [1.165, 1.54) is 6.42 Å². The van der Waals surface area contributed by atoms with Gasteiger partial charge in [0.15, 0.2) is 0 Å². The molecule has 0 aliphatic rings. The molecule has 0 atom stereocenters. The van der Waals surface area contributed by atoms with Crippen LogP contribution < -0.4 is 0 Å². The van der Waals surface area contributed by atoms with Gasteiger partial charge >= 0.3 is 24.8 Å². The third-order valence-corrected chi connectivity index (χ3v) is 0.552. The second-order valence-corrected chi connectivity index (χ2v) is 1.69. The average Bonchev–Trinajstić information content (AvgIpc) is 1.86. The average molecular weight is 315 g/mol. The minimum atomic E-state index is -2.17. The Labute approximate surface area is 71.1 Å². The fraction of sp³-hybridized carbons (Fsp3) is 0.571. The fourth-order valence-corrected chi connectivity index (χ4v) is 0.250. The molecule has 0 N–H and O–H groups in total. The summed E-state index contributed by atoms with van der Waals surface area (Å²) >= 11 is -2.17. The monoisotopic (exact) mass is 316 g/mol. The summed E-state index contributed by atoms with van der Waals surface area (Å²) in [5.41, 5.74) is 0. The minimum absolute atomic E-state index is 0. The van der Waals surface area contributed by atoms with E-state index in [-0.39, 0.29) is 7.43 Å². The number of unbranched alkanes of at least 4 members (excludes halogenated alkanes) is 1. The van der Waals surface area contributed by atoms with Gasteiger partial charge in [0, 0.05) is 6.42 Å². The second kappa shape index (κ2) is 23.2. The predicted molar refractivity (Wildman–Crippen MR) is 36.1 cm³/mol. The Balaban J connectivity index is -0.000000107. The number of rotatable bonds is 1. The van der Waals surface area contributed by atoms with Crippen molar-refractivity contribution in [3.05, 3.63) is 7.43 Å². The van der Waals surface area contributed by atoms with E-state index in [0.717, 1.165) is 6.42 Å². The molecule has 0 unspecified atom stereocenters. The van der Waals surface area contributed by atoms with Crippen LogP contribution in [-0.4, -0.2) is 0 Å². The summed E-state index contributed by atoms with van der Waals surface area (Å²) in [6.45, 7) is 4.00. The quantitative estimate of drug-likeness (QED) is 0.548. The van der Waals surface area contributed by atoms with Crippen molar-refractivity contribution in [3.8, 4) is 11.8 Å². The van der Waals surface area contributed by atoms with Gasteiger partial charge in [-0.25, -0.2) is 0 Å². The SMILES string of the molecule is CC#CCCC.[CH3-].[O]=[Re]=[O]. The van der Waals surface area contributed by atoms with Crippen LogP contribution in [0.25, 0.3) is 0 Å². The van der Waals surface area contributed by atoms with Gasteiger partial charge in [-0.15, -0.1) is 11.8 Å². The first-order valence-corrected chi connectivity index (χ1v) is 4.84. The van der Waals surface area contributed by atoms with Crippen LogP contribution in [0.4, 0.5) is 0 Å². The molecule has 0 aromatic carbocycles. The van der Waals surface area contributed by atoms with Gasteiger partial charge in [-0.1, -0.05) is 6.92 Å². The van der Waals surface area contributed by atoms with Crippen molar-refractivity contribution in [2.24, 2.45) is 0 Å². The zero-order chi connectivity index (χ0) is 7.54. The molecule has 0 amide bonds. The Bertz CT molecular complexity index is 126. The molecule has 0 saturated carbocycles. The van der Waals surface area contributed by atoms with Crippen LogP contribution in [0.3, 0.4) is 0 Å². The summed E-state index contributed by atoms with van der Waals surface area (Å²) in [4.78, 5) is 0. The van der Waals surface area contributed by atoms with E-state index in [9.17, 15) is 0 Å². The van der Waals surface area contributed by atoms with Crippen molar-refractivity contribution < 1.29 is 24.8 Å². The Hall–Kier alpha value is -0.178. The third-order valence-electron chi connectivity index (χ3n) is 0.552. The van der Waals surface area contributed by atoms with Gasteiger partial charge in [0.05, 0.1) is 0 Å². The second-order valence-electron chi connectivity index (χ2n) is 1.24. The summed E-state index contributed by atoms with van der Waals surface area (Å²) in [7, 11) is 0. The molecule has 0 aromatic rings. The molecule has 0 rings (SSSR count). The Morgan fingerprint density at radius 1 is 1.40 bits per heavy atom. The van der Waals surface area contributed by atoms with Gasteiger partial charge in [-0.2, -0.15) is 0 Å². The van der Waals surface area contributed by atoms with E-state index < -0.39 is 17.9 Å². The standard InChI is InChI=1S/C6H10.CH3.2O.Re/c1-3-5-6-4-2;;;;/h3,5H2,1-2H3;1H3;;;/q;-1;;;. The van der Waals surface area contributed by atoms with Gasteiger partial charge in [-0.05, 0) is 13.3 Å². The zero-order valence-corrected chi connectivity index (χ0v) is 9.32. The van der Waals surface area contributed by atoms with Crippen LogP contribution in [-0.2, 0) is 24.8 Å². The van der Waals surface area contributed by atoms with Crippen LogP contribution in [0.5, 0.6) is 0 Å². The van der Waals surface area contributed by atoms with Crippen molar-refractivity contribution in [2.75, 3.05) is 0 Å². The molecule has 10 heavy (non-hydrogen) atoms. The van der Waals surface area contributed by atoms with Gasteiger partial charge in [0.25, 0.3) is 0 Å². The first-order chi connectivity index (χ1) is 4.33. The molecule has 0 saturated heterocycles. The molecular weight excluding hydrogens is 302 g/mol. The van der Waals surface area contributed by atoms with Gasteiger partial charge in [0.2, 0.25) is 0 Å². The summed E-state index contributed by atoms with van der Waals surface area (Å²) in [6, 6.07) is 0. The predicted octanol–water partition coefficient (Wildman–Crippen LogP) is 2.02. The maximum atomic E-state index is 8.53. The van der Waals surface area contributed by atoms with Crippen LogP contribution in [0, 0.1) is 19.3 Å². The molecule has 0 radical (unpaired) electrons. The third kappa shape index (κ3) is 45.7.